The predicted octanol–water partition coefficient (Wildman–Crippen LogP) is 3.25. The molecule has 4 atom stereocenters. The summed E-state index contributed by atoms with van der Waals surface area (Å²) in [4.78, 5) is 2.37. The second kappa shape index (κ2) is 7.77. The Morgan fingerprint density at radius 2 is 2.03 bits per heavy atom. The largest absolute Gasteiger partial charge is 0.490 e. The first kappa shape index (κ1) is 21.8. The van der Waals surface area contributed by atoms with E-state index in [4.69, 9.17) is 30.5 Å². The molecule has 172 valence electrons. The Hall–Kier alpha value is -1.05. The molecule has 0 amide bonds. The molecule has 0 radical (unpaired) electrons. The summed E-state index contributed by atoms with van der Waals surface area (Å²) in [7, 11) is 3.36. The molecule has 1 saturated carbocycles. The second-order valence-corrected chi connectivity index (χ2v) is 9.82. The molecule has 31 heavy (non-hydrogen) atoms. The zero-order valence-corrected chi connectivity index (χ0v) is 19.5. The van der Waals surface area contributed by atoms with Gasteiger partial charge in [0.2, 0.25) is 5.79 Å². The molecular formula is C24H34ClNO5. The number of ether oxygens (including phenoxy) is 4. The van der Waals surface area contributed by atoms with Crippen LogP contribution in [0.4, 0.5) is 0 Å². The van der Waals surface area contributed by atoms with Gasteiger partial charge in [-0.1, -0.05) is 19.4 Å². The zero-order valence-electron chi connectivity index (χ0n) is 18.8. The van der Waals surface area contributed by atoms with Crippen molar-refractivity contribution >= 4 is 11.6 Å². The van der Waals surface area contributed by atoms with Crippen molar-refractivity contribution in [3.05, 3.63) is 23.3 Å². The van der Waals surface area contributed by atoms with Gasteiger partial charge in [-0.25, -0.2) is 0 Å². The third kappa shape index (κ3) is 2.72. The van der Waals surface area contributed by atoms with E-state index in [1.54, 1.807) is 14.2 Å². The van der Waals surface area contributed by atoms with Crippen LogP contribution in [0.1, 0.15) is 50.2 Å². The van der Waals surface area contributed by atoms with Crippen molar-refractivity contribution < 1.29 is 24.1 Å². The Morgan fingerprint density at radius 1 is 1.23 bits per heavy atom. The smallest absolute Gasteiger partial charge is 0.206 e. The van der Waals surface area contributed by atoms with Gasteiger partial charge in [0.1, 0.15) is 0 Å². The highest BCUT2D eigenvalue weighted by Crippen LogP contribution is 2.67. The van der Waals surface area contributed by atoms with E-state index in [1.165, 1.54) is 5.56 Å². The van der Waals surface area contributed by atoms with Crippen molar-refractivity contribution in [3.63, 3.8) is 0 Å². The van der Waals surface area contributed by atoms with Gasteiger partial charge in [0.05, 0.1) is 17.6 Å². The van der Waals surface area contributed by atoms with Crippen LogP contribution in [0.2, 0.25) is 0 Å². The van der Waals surface area contributed by atoms with Crippen molar-refractivity contribution in [1.29, 1.82) is 0 Å². The lowest BCUT2D eigenvalue weighted by molar-refractivity contribution is -0.319. The van der Waals surface area contributed by atoms with Crippen LogP contribution in [0.5, 0.6) is 11.5 Å². The molecule has 4 aliphatic rings. The maximum atomic E-state index is 12.4. The van der Waals surface area contributed by atoms with Gasteiger partial charge in [-0.15, -0.1) is 11.6 Å². The summed E-state index contributed by atoms with van der Waals surface area (Å²) < 4.78 is 24.9. The zero-order chi connectivity index (χ0) is 21.9. The summed E-state index contributed by atoms with van der Waals surface area (Å²) in [5, 5.41) is 12.4. The number of halogens is 1. The van der Waals surface area contributed by atoms with Crippen LogP contribution in [-0.2, 0) is 21.3 Å². The molecule has 0 unspecified atom stereocenters. The average molecular weight is 452 g/mol. The summed E-state index contributed by atoms with van der Waals surface area (Å²) in [6.45, 7) is 4.44. The number of alkyl halides is 1. The number of likely N-dealkylation sites (tertiary alicyclic amines) is 1. The minimum atomic E-state index is -0.928. The third-order valence-corrected chi connectivity index (χ3v) is 8.55. The number of rotatable bonds is 8. The summed E-state index contributed by atoms with van der Waals surface area (Å²) in [5.41, 5.74) is 0.840. The summed E-state index contributed by atoms with van der Waals surface area (Å²) in [6.07, 6.45) is 4.36. The van der Waals surface area contributed by atoms with Crippen molar-refractivity contribution in [2.24, 2.45) is 0 Å². The molecule has 2 fully saturated rings. The molecule has 2 aliphatic heterocycles. The summed E-state index contributed by atoms with van der Waals surface area (Å²) in [6, 6.07) is 4.20. The van der Waals surface area contributed by atoms with Crippen molar-refractivity contribution in [2.75, 3.05) is 39.8 Å². The van der Waals surface area contributed by atoms with E-state index >= 15 is 0 Å². The van der Waals surface area contributed by atoms with Crippen LogP contribution < -0.4 is 9.47 Å². The molecule has 1 aromatic carbocycles. The van der Waals surface area contributed by atoms with Crippen molar-refractivity contribution in [1.82, 2.24) is 4.90 Å². The van der Waals surface area contributed by atoms with Gasteiger partial charge in [0.15, 0.2) is 17.6 Å². The maximum Gasteiger partial charge on any atom is 0.206 e. The van der Waals surface area contributed by atoms with Crippen LogP contribution in [0.3, 0.4) is 0 Å². The van der Waals surface area contributed by atoms with Crippen molar-refractivity contribution in [3.8, 4) is 11.5 Å². The van der Waals surface area contributed by atoms with Gasteiger partial charge in [-0.3, -0.25) is 4.90 Å². The highest BCUT2D eigenvalue weighted by atomic mass is 35.5. The standard InChI is InChI=1S/C24H34ClNO5/c1-4-5-14-30-17-7-6-16-15-18-23(27)8-9-24(28-2,29-3)21-22(23,19(16)20(17)31-21)10-12-26(18)13-11-25/h6-7,18,21,27H,4-5,8-15H2,1-3H3/t18-,21-,22+,23-/m1/s1. The molecule has 2 heterocycles. The number of hydrogen-bond donors (Lipinski definition) is 1. The van der Waals surface area contributed by atoms with Gasteiger partial charge >= 0.3 is 0 Å². The SMILES string of the molecule is CCCCOc1ccc2c3c1O[C@H]1C(OC)(OC)CC[C@@]4(O)[C@@H](C2)N(CCCl)CC[C@]314. The van der Waals surface area contributed by atoms with Gasteiger partial charge < -0.3 is 24.1 Å². The lowest BCUT2D eigenvalue weighted by Gasteiger charge is -2.65. The van der Waals surface area contributed by atoms with Crippen LogP contribution in [0.15, 0.2) is 12.1 Å². The molecule has 2 aliphatic carbocycles. The van der Waals surface area contributed by atoms with E-state index in [9.17, 15) is 5.11 Å². The Morgan fingerprint density at radius 3 is 2.74 bits per heavy atom. The van der Waals surface area contributed by atoms with Gasteiger partial charge in [0, 0.05) is 44.7 Å². The van der Waals surface area contributed by atoms with E-state index in [0.717, 1.165) is 55.8 Å². The highest BCUT2D eigenvalue weighted by molar-refractivity contribution is 6.18. The number of methoxy groups -OCH3 is 2. The number of hydrogen-bond acceptors (Lipinski definition) is 6. The van der Waals surface area contributed by atoms with E-state index in [-0.39, 0.29) is 6.04 Å². The predicted molar refractivity (Wildman–Crippen MR) is 118 cm³/mol. The van der Waals surface area contributed by atoms with Gasteiger partial charge in [-0.05, 0) is 43.9 Å². The minimum absolute atomic E-state index is 0.00289. The summed E-state index contributed by atoms with van der Waals surface area (Å²) >= 11 is 6.14. The number of benzene rings is 1. The topological polar surface area (TPSA) is 60.4 Å². The molecule has 1 spiro atoms. The number of aliphatic hydroxyl groups is 1. The molecule has 5 rings (SSSR count). The lowest BCUT2D eigenvalue weighted by Crippen LogP contribution is -2.79. The normalized spacial score (nSPS) is 34.9. The monoisotopic (exact) mass is 451 g/mol. The van der Waals surface area contributed by atoms with E-state index < -0.39 is 22.9 Å². The molecular weight excluding hydrogens is 418 g/mol. The van der Waals surface area contributed by atoms with E-state index in [1.807, 2.05) is 6.07 Å². The van der Waals surface area contributed by atoms with Gasteiger partial charge in [0.25, 0.3) is 0 Å². The minimum Gasteiger partial charge on any atom is -0.490 e. The molecule has 7 heteroatoms. The Bertz CT molecular complexity index is 846. The first-order valence-electron chi connectivity index (χ1n) is 11.6. The fourth-order valence-corrected chi connectivity index (χ4v) is 7.11. The van der Waals surface area contributed by atoms with Crippen LogP contribution in [0.25, 0.3) is 0 Å². The van der Waals surface area contributed by atoms with E-state index in [0.29, 0.717) is 25.3 Å². The fourth-order valence-electron chi connectivity index (χ4n) is 6.90. The maximum absolute atomic E-state index is 12.4. The van der Waals surface area contributed by atoms with E-state index in [2.05, 4.69) is 17.9 Å². The Labute approximate surface area is 189 Å². The molecule has 1 N–H and O–H groups in total. The summed E-state index contributed by atoms with van der Waals surface area (Å²) in [5.74, 6) is 1.20. The lowest BCUT2D eigenvalue weighted by atomic mass is 9.48. The van der Waals surface area contributed by atoms with Gasteiger partial charge in [-0.2, -0.15) is 0 Å². The molecule has 6 nitrogen and oxygen atoms in total. The molecule has 0 aromatic heterocycles. The first-order chi connectivity index (χ1) is 15.0. The number of nitrogens with zero attached hydrogens (tertiary/aromatic N) is 1. The number of unbranched alkanes of at least 4 members (excludes halogenated alkanes) is 1. The third-order valence-electron chi connectivity index (χ3n) is 8.38. The molecule has 1 saturated heterocycles. The van der Waals surface area contributed by atoms with Crippen LogP contribution in [-0.4, -0.2) is 73.3 Å². The fraction of sp³-hybridized carbons (Fsp3) is 0.750. The molecule has 1 aromatic rings. The Balaban J connectivity index is 1.69. The Kier molecular flexibility index (Phi) is 5.46. The average Bonchev–Trinajstić information content (AvgIpc) is 3.13. The number of piperidine rings is 1. The van der Waals surface area contributed by atoms with Crippen LogP contribution >= 0.6 is 11.6 Å². The van der Waals surface area contributed by atoms with Crippen molar-refractivity contribution in [2.45, 2.75) is 74.4 Å². The quantitative estimate of drug-likeness (QED) is 0.372. The second-order valence-electron chi connectivity index (χ2n) is 9.44. The first-order valence-corrected chi connectivity index (χ1v) is 12.1. The molecule has 2 bridgehead atoms. The highest BCUT2D eigenvalue weighted by Gasteiger charge is 2.76. The van der Waals surface area contributed by atoms with Crippen LogP contribution in [0, 0.1) is 0 Å².